The van der Waals surface area contributed by atoms with Gasteiger partial charge in [0, 0.05) is 6.07 Å². The average molecular weight is 238 g/mol. The number of aromatic nitrogens is 1. The van der Waals surface area contributed by atoms with Crippen LogP contribution in [-0.2, 0) is 4.79 Å². The number of ether oxygens (including phenoxy) is 1. The van der Waals surface area contributed by atoms with Crippen LogP contribution in [0.3, 0.4) is 0 Å². The zero-order valence-corrected chi connectivity index (χ0v) is 10.1. The Hall–Kier alpha value is -1.78. The van der Waals surface area contributed by atoms with Crippen molar-refractivity contribution < 1.29 is 14.6 Å². The fraction of sp³-hybridized carbons (Fsp3) is 0.500. The largest absolute Gasteiger partial charge is 0.481 e. The summed E-state index contributed by atoms with van der Waals surface area (Å²) in [5.74, 6) is -0.328. The summed E-state index contributed by atoms with van der Waals surface area (Å²) in [4.78, 5) is 15.0. The number of nitrogens with zero attached hydrogens (tertiary/aromatic N) is 1. The van der Waals surface area contributed by atoms with Crippen molar-refractivity contribution in [3.8, 4) is 5.88 Å². The predicted molar refractivity (Wildman–Crippen MR) is 65.4 cm³/mol. The standard InChI is InChI=1S/C12H18N2O3/c1-3-4-5-10(12(15)16)14-9-6-7-11(17-2)13-8-9/h6-8,10,14H,3-5H2,1-2H3,(H,15,16). The minimum atomic E-state index is -0.839. The van der Waals surface area contributed by atoms with Crippen LogP contribution in [0.5, 0.6) is 5.88 Å². The summed E-state index contributed by atoms with van der Waals surface area (Å²) >= 11 is 0. The lowest BCUT2D eigenvalue weighted by Crippen LogP contribution is -2.29. The number of nitrogens with one attached hydrogen (secondary N) is 1. The molecule has 0 fully saturated rings. The van der Waals surface area contributed by atoms with Gasteiger partial charge in [0.05, 0.1) is 19.0 Å². The van der Waals surface area contributed by atoms with E-state index in [1.807, 2.05) is 6.92 Å². The van der Waals surface area contributed by atoms with Crippen LogP contribution in [0.15, 0.2) is 18.3 Å². The SMILES string of the molecule is CCCCC(Nc1ccc(OC)nc1)C(=O)O. The molecule has 1 rings (SSSR count). The number of carbonyl (C=O) groups is 1. The summed E-state index contributed by atoms with van der Waals surface area (Å²) in [5, 5.41) is 12.0. The number of anilines is 1. The molecule has 1 unspecified atom stereocenters. The summed E-state index contributed by atoms with van der Waals surface area (Å²) in [7, 11) is 1.54. The molecule has 1 aromatic rings. The van der Waals surface area contributed by atoms with Crippen LogP contribution in [0.25, 0.3) is 0 Å². The van der Waals surface area contributed by atoms with Gasteiger partial charge in [-0.15, -0.1) is 0 Å². The van der Waals surface area contributed by atoms with Crippen molar-refractivity contribution in [1.29, 1.82) is 0 Å². The Morgan fingerprint density at radius 2 is 2.35 bits per heavy atom. The number of hydrogen-bond donors (Lipinski definition) is 2. The first-order chi connectivity index (χ1) is 8.17. The van der Waals surface area contributed by atoms with E-state index in [4.69, 9.17) is 9.84 Å². The van der Waals surface area contributed by atoms with E-state index in [0.717, 1.165) is 12.8 Å². The van der Waals surface area contributed by atoms with Crippen molar-refractivity contribution in [2.45, 2.75) is 32.2 Å². The van der Waals surface area contributed by atoms with Gasteiger partial charge < -0.3 is 15.2 Å². The summed E-state index contributed by atoms with van der Waals surface area (Å²) in [6.07, 6.45) is 4.04. The molecule has 0 amide bonds. The van der Waals surface area contributed by atoms with Crippen LogP contribution in [0.2, 0.25) is 0 Å². The Labute approximate surface area is 101 Å². The van der Waals surface area contributed by atoms with Gasteiger partial charge in [-0.05, 0) is 12.5 Å². The van der Waals surface area contributed by atoms with Gasteiger partial charge in [-0.2, -0.15) is 0 Å². The third-order valence-electron chi connectivity index (χ3n) is 2.43. The maximum atomic E-state index is 11.0. The molecule has 0 radical (unpaired) electrons. The monoisotopic (exact) mass is 238 g/mol. The Kier molecular flexibility index (Phi) is 5.26. The molecule has 2 N–H and O–H groups in total. The Morgan fingerprint density at radius 1 is 1.59 bits per heavy atom. The van der Waals surface area contributed by atoms with E-state index < -0.39 is 12.0 Å². The van der Waals surface area contributed by atoms with Gasteiger partial charge in [0.25, 0.3) is 0 Å². The molecule has 5 heteroatoms. The smallest absolute Gasteiger partial charge is 0.326 e. The molecule has 0 aromatic carbocycles. The van der Waals surface area contributed by atoms with Crippen molar-refractivity contribution in [1.82, 2.24) is 4.98 Å². The van der Waals surface area contributed by atoms with Crippen LogP contribution in [0, 0.1) is 0 Å². The highest BCUT2D eigenvalue weighted by atomic mass is 16.5. The van der Waals surface area contributed by atoms with Crippen molar-refractivity contribution in [2.75, 3.05) is 12.4 Å². The third kappa shape index (κ3) is 4.30. The number of rotatable bonds is 7. The molecule has 0 aliphatic carbocycles. The number of hydrogen-bond acceptors (Lipinski definition) is 4. The highest BCUT2D eigenvalue weighted by Gasteiger charge is 2.16. The maximum absolute atomic E-state index is 11.0. The van der Waals surface area contributed by atoms with Crippen molar-refractivity contribution in [3.05, 3.63) is 18.3 Å². The van der Waals surface area contributed by atoms with E-state index in [0.29, 0.717) is 18.0 Å². The Morgan fingerprint density at radius 3 is 2.82 bits per heavy atom. The van der Waals surface area contributed by atoms with Gasteiger partial charge in [0.15, 0.2) is 0 Å². The molecule has 0 bridgehead atoms. The normalized spacial score (nSPS) is 11.9. The molecule has 5 nitrogen and oxygen atoms in total. The van der Waals surface area contributed by atoms with Gasteiger partial charge in [0.1, 0.15) is 6.04 Å². The number of aliphatic carboxylic acids is 1. The highest BCUT2D eigenvalue weighted by Crippen LogP contribution is 2.14. The van der Waals surface area contributed by atoms with E-state index in [1.54, 1.807) is 18.3 Å². The second kappa shape index (κ2) is 6.73. The Bertz CT molecular complexity index is 351. The van der Waals surface area contributed by atoms with E-state index in [-0.39, 0.29) is 0 Å². The van der Waals surface area contributed by atoms with Crippen LogP contribution in [-0.4, -0.2) is 29.2 Å². The molecule has 0 aliphatic heterocycles. The van der Waals surface area contributed by atoms with E-state index in [2.05, 4.69) is 10.3 Å². The van der Waals surface area contributed by atoms with E-state index in [9.17, 15) is 4.79 Å². The minimum absolute atomic E-state index is 0.510. The molecule has 1 heterocycles. The lowest BCUT2D eigenvalue weighted by atomic mass is 10.1. The zero-order chi connectivity index (χ0) is 12.7. The molecule has 0 aliphatic rings. The fourth-order valence-corrected chi connectivity index (χ4v) is 1.45. The number of unbranched alkanes of at least 4 members (excludes halogenated alkanes) is 1. The summed E-state index contributed by atoms with van der Waals surface area (Å²) < 4.78 is 4.93. The minimum Gasteiger partial charge on any atom is -0.481 e. The third-order valence-corrected chi connectivity index (χ3v) is 2.43. The second-order valence-electron chi connectivity index (χ2n) is 3.77. The maximum Gasteiger partial charge on any atom is 0.326 e. The molecular weight excluding hydrogens is 220 g/mol. The predicted octanol–water partition coefficient (Wildman–Crippen LogP) is 2.15. The van der Waals surface area contributed by atoms with Gasteiger partial charge in [-0.3, -0.25) is 0 Å². The van der Waals surface area contributed by atoms with Gasteiger partial charge in [-0.1, -0.05) is 19.8 Å². The van der Waals surface area contributed by atoms with Crippen molar-refractivity contribution in [3.63, 3.8) is 0 Å². The van der Waals surface area contributed by atoms with Gasteiger partial charge in [0.2, 0.25) is 5.88 Å². The number of carboxylic acid groups (broad SMARTS) is 1. The molecule has 17 heavy (non-hydrogen) atoms. The fourth-order valence-electron chi connectivity index (χ4n) is 1.45. The molecule has 0 saturated heterocycles. The lowest BCUT2D eigenvalue weighted by Gasteiger charge is -2.15. The molecule has 0 spiro atoms. The molecule has 94 valence electrons. The van der Waals surface area contributed by atoms with Crippen molar-refractivity contribution >= 4 is 11.7 Å². The van der Waals surface area contributed by atoms with Gasteiger partial charge >= 0.3 is 5.97 Å². The van der Waals surface area contributed by atoms with Crippen LogP contribution in [0.4, 0.5) is 5.69 Å². The highest BCUT2D eigenvalue weighted by molar-refractivity contribution is 5.77. The first-order valence-corrected chi connectivity index (χ1v) is 5.66. The summed E-state index contributed by atoms with van der Waals surface area (Å²) in [6, 6.07) is 2.89. The average Bonchev–Trinajstić information content (AvgIpc) is 2.35. The van der Waals surface area contributed by atoms with E-state index >= 15 is 0 Å². The molecule has 1 aromatic heterocycles. The quantitative estimate of drug-likeness (QED) is 0.761. The zero-order valence-electron chi connectivity index (χ0n) is 10.1. The topological polar surface area (TPSA) is 71.5 Å². The molecule has 1 atom stereocenters. The Balaban J connectivity index is 2.61. The first-order valence-electron chi connectivity index (χ1n) is 5.66. The number of carboxylic acids is 1. The number of methoxy groups -OCH3 is 1. The number of pyridine rings is 1. The summed E-state index contributed by atoms with van der Waals surface area (Å²) in [6.45, 7) is 2.04. The van der Waals surface area contributed by atoms with Gasteiger partial charge in [-0.25, -0.2) is 9.78 Å². The molecular formula is C12H18N2O3. The first kappa shape index (κ1) is 13.3. The summed E-state index contributed by atoms with van der Waals surface area (Å²) in [5.41, 5.74) is 0.689. The van der Waals surface area contributed by atoms with Crippen LogP contribution < -0.4 is 10.1 Å². The van der Waals surface area contributed by atoms with Crippen molar-refractivity contribution in [2.24, 2.45) is 0 Å². The van der Waals surface area contributed by atoms with Crippen LogP contribution in [0.1, 0.15) is 26.2 Å². The second-order valence-corrected chi connectivity index (χ2v) is 3.77. The lowest BCUT2D eigenvalue weighted by molar-refractivity contribution is -0.138. The molecule has 0 saturated carbocycles. The van der Waals surface area contributed by atoms with Crippen LogP contribution >= 0.6 is 0 Å². The van der Waals surface area contributed by atoms with E-state index in [1.165, 1.54) is 7.11 Å².